The topological polar surface area (TPSA) is 89.1 Å². The summed E-state index contributed by atoms with van der Waals surface area (Å²) in [6.45, 7) is 7.68. The van der Waals surface area contributed by atoms with Crippen LogP contribution in [0.25, 0.3) is 0 Å². The summed E-state index contributed by atoms with van der Waals surface area (Å²) >= 11 is 0. The molecule has 108 valence electrons. The van der Waals surface area contributed by atoms with Crippen molar-refractivity contribution < 1.29 is 17.9 Å². The van der Waals surface area contributed by atoms with Crippen LogP contribution in [0.3, 0.4) is 0 Å². The van der Waals surface area contributed by atoms with Gasteiger partial charge in [-0.1, -0.05) is 20.8 Å². The van der Waals surface area contributed by atoms with Gasteiger partial charge in [-0.2, -0.15) is 5.10 Å². The molecule has 8 heteroatoms. The number of H-pyrrole nitrogens is 1. The molecule has 0 aromatic carbocycles. The summed E-state index contributed by atoms with van der Waals surface area (Å²) in [4.78, 5) is 11.5. The Bertz CT molecular complexity index is 572. The predicted octanol–water partition coefficient (Wildman–Crippen LogP) is 2.24. The number of nitrogens with one attached hydrogen (secondary N) is 1. The zero-order valence-electron chi connectivity index (χ0n) is 11.3. The van der Waals surface area contributed by atoms with Crippen LogP contribution in [0.2, 0.25) is 0 Å². The molecule has 19 heavy (non-hydrogen) atoms. The summed E-state index contributed by atoms with van der Waals surface area (Å²) in [5, 5.41) is 6.05. The van der Waals surface area contributed by atoms with Crippen LogP contribution in [0.15, 0.2) is 4.90 Å². The normalized spacial score (nSPS) is 12.5. The number of nitrogens with zero attached hydrogens (tertiary/aromatic N) is 1. The number of aromatic nitrogens is 2. The van der Waals surface area contributed by atoms with Gasteiger partial charge < -0.3 is 4.74 Å². The monoisotopic (exact) mass is 308 g/mol. The summed E-state index contributed by atoms with van der Waals surface area (Å²) < 4.78 is 27.8. The molecule has 0 spiro atoms. The molecule has 1 N–H and O–H groups in total. The fourth-order valence-corrected chi connectivity index (χ4v) is 2.71. The van der Waals surface area contributed by atoms with Crippen LogP contribution >= 0.6 is 10.7 Å². The van der Waals surface area contributed by atoms with Crippen LogP contribution < -0.4 is 0 Å². The van der Waals surface area contributed by atoms with Crippen molar-refractivity contribution in [2.24, 2.45) is 5.41 Å². The van der Waals surface area contributed by atoms with Crippen molar-refractivity contribution in [3.05, 3.63) is 11.4 Å². The maximum Gasteiger partial charge on any atom is 0.360 e. The lowest BCUT2D eigenvalue weighted by molar-refractivity contribution is 0.0453. The quantitative estimate of drug-likeness (QED) is 0.680. The molecule has 0 fully saturated rings. The van der Waals surface area contributed by atoms with Crippen molar-refractivity contribution in [1.29, 1.82) is 0 Å². The van der Waals surface area contributed by atoms with Gasteiger partial charge in [0.1, 0.15) is 4.90 Å². The van der Waals surface area contributed by atoms with Gasteiger partial charge in [0, 0.05) is 10.7 Å². The molecule has 0 aliphatic carbocycles. The van der Waals surface area contributed by atoms with Crippen LogP contribution in [0, 0.1) is 12.3 Å². The highest BCUT2D eigenvalue weighted by Gasteiger charge is 2.28. The van der Waals surface area contributed by atoms with Crippen LogP contribution in [-0.2, 0) is 13.8 Å². The standard InChI is InChI=1S/C11H17ClN2O4S/c1-7-9(19(12,16)17)8(14-13-7)10(15)18-6-5-11(2,3)4/h5-6H2,1-4H3,(H,13,14). The fourth-order valence-electron chi connectivity index (χ4n) is 1.37. The van der Waals surface area contributed by atoms with Crippen molar-refractivity contribution in [2.45, 2.75) is 39.0 Å². The third-order valence-electron chi connectivity index (χ3n) is 2.41. The Labute approximate surface area is 116 Å². The number of aryl methyl sites for hydroxylation is 1. The second kappa shape index (κ2) is 5.50. The van der Waals surface area contributed by atoms with E-state index < -0.39 is 15.0 Å². The number of carbonyl (C=O) groups is 1. The molecule has 0 aliphatic heterocycles. The lowest BCUT2D eigenvalue weighted by Crippen LogP contribution is -2.15. The van der Waals surface area contributed by atoms with E-state index >= 15 is 0 Å². The Morgan fingerprint density at radius 3 is 2.47 bits per heavy atom. The summed E-state index contributed by atoms with van der Waals surface area (Å²) in [5.74, 6) is -0.798. The van der Waals surface area contributed by atoms with Crippen LogP contribution in [0.4, 0.5) is 0 Å². The summed E-state index contributed by atoms with van der Waals surface area (Å²) in [5.41, 5.74) is -0.0810. The molecule has 1 aromatic rings. The average Bonchev–Trinajstić information content (AvgIpc) is 2.57. The maximum absolute atomic E-state index is 11.8. The molecule has 6 nitrogen and oxygen atoms in total. The van der Waals surface area contributed by atoms with Gasteiger partial charge in [-0.05, 0) is 18.8 Å². The lowest BCUT2D eigenvalue weighted by atomic mass is 9.93. The summed E-state index contributed by atoms with van der Waals surface area (Å²) in [6.07, 6.45) is 0.658. The van der Waals surface area contributed by atoms with Gasteiger partial charge in [-0.3, -0.25) is 5.10 Å². The van der Waals surface area contributed by atoms with Crippen LogP contribution in [0.5, 0.6) is 0 Å². The van der Waals surface area contributed by atoms with E-state index in [1.54, 1.807) is 0 Å². The first-order chi connectivity index (χ1) is 8.52. The van der Waals surface area contributed by atoms with Crippen LogP contribution in [-0.4, -0.2) is 31.2 Å². The molecule has 1 heterocycles. The van der Waals surface area contributed by atoms with Crippen molar-refractivity contribution in [2.75, 3.05) is 6.61 Å². The SMILES string of the molecule is Cc1[nH]nc(C(=O)OCCC(C)(C)C)c1S(=O)(=O)Cl. The van der Waals surface area contributed by atoms with E-state index in [2.05, 4.69) is 10.2 Å². The minimum absolute atomic E-state index is 0.0170. The molecule has 0 unspecified atom stereocenters. The van der Waals surface area contributed by atoms with E-state index in [1.165, 1.54) is 6.92 Å². The van der Waals surface area contributed by atoms with Gasteiger partial charge in [0.15, 0.2) is 5.69 Å². The van der Waals surface area contributed by atoms with Gasteiger partial charge in [0.05, 0.1) is 12.3 Å². The minimum Gasteiger partial charge on any atom is -0.461 e. The number of hydrogen-bond acceptors (Lipinski definition) is 5. The molecular formula is C11H17ClN2O4S. The highest BCUT2D eigenvalue weighted by Crippen LogP contribution is 2.23. The highest BCUT2D eigenvalue weighted by molar-refractivity contribution is 8.13. The minimum atomic E-state index is -4.04. The van der Waals surface area contributed by atoms with E-state index in [0.29, 0.717) is 6.42 Å². The van der Waals surface area contributed by atoms with Gasteiger partial charge in [0.25, 0.3) is 9.05 Å². The van der Waals surface area contributed by atoms with Crippen molar-refractivity contribution >= 4 is 25.7 Å². The second-order valence-electron chi connectivity index (χ2n) is 5.41. The molecule has 0 radical (unpaired) electrons. The first-order valence-corrected chi connectivity index (χ1v) is 8.00. The third kappa shape index (κ3) is 4.50. The molecule has 0 saturated carbocycles. The van der Waals surface area contributed by atoms with E-state index in [1.807, 2.05) is 20.8 Å². The van der Waals surface area contributed by atoms with Crippen molar-refractivity contribution in [3.8, 4) is 0 Å². The van der Waals surface area contributed by atoms with Crippen molar-refractivity contribution in [1.82, 2.24) is 10.2 Å². The first-order valence-electron chi connectivity index (χ1n) is 5.69. The van der Waals surface area contributed by atoms with Gasteiger partial charge in [-0.15, -0.1) is 0 Å². The number of rotatable bonds is 4. The maximum atomic E-state index is 11.8. The zero-order valence-corrected chi connectivity index (χ0v) is 12.9. The van der Waals surface area contributed by atoms with Crippen LogP contribution in [0.1, 0.15) is 43.4 Å². The number of esters is 1. The largest absolute Gasteiger partial charge is 0.461 e. The molecule has 0 amide bonds. The Balaban J connectivity index is 2.85. The molecular weight excluding hydrogens is 292 g/mol. The van der Waals surface area contributed by atoms with Gasteiger partial charge in [-0.25, -0.2) is 13.2 Å². The number of ether oxygens (including phenoxy) is 1. The number of carbonyl (C=O) groups excluding carboxylic acids is 1. The smallest absolute Gasteiger partial charge is 0.360 e. The lowest BCUT2D eigenvalue weighted by Gasteiger charge is -2.17. The molecule has 0 aliphatic rings. The average molecular weight is 309 g/mol. The Kier molecular flexibility index (Phi) is 4.63. The zero-order chi connectivity index (χ0) is 14.8. The van der Waals surface area contributed by atoms with E-state index in [9.17, 15) is 13.2 Å². The van der Waals surface area contributed by atoms with Gasteiger partial charge in [0.2, 0.25) is 0 Å². The third-order valence-corrected chi connectivity index (χ3v) is 3.86. The highest BCUT2D eigenvalue weighted by atomic mass is 35.7. The second-order valence-corrected chi connectivity index (χ2v) is 7.91. The van der Waals surface area contributed by atoms with Crippen molar-refractivity contribution in [3.63, 3.8) is 0 Å². The number of hydrogen-bond donors (Lipinski definition) is 1. The molecule has 0 atom stereocenters. The molecule has 1 aromatic heterocycles. The van der Waals surface area contributed by atoms with E-state index in [-0.39, 0.29) is 28.3 Å². The summed E-state index contributed by atoms with van der Waals surface area (Å²) in [6, 6.07) is 0. The molecule has 0 bridgehead atoms. The Morgan fingerprint density at radius 1 is 1.42 bits per heavy atom. The Morgan fingerprint density at radius 2 is 2.00 bits per heavy atom. The molecule has 1 rings (SSSR count). The fraction of sp³-hybridized carbons (Fsp3) is 0.636. The van der Waals surface area contributed by atoms with Gasteiger partial charge >= 0.3 is 5.97 Å². The predicted molar refractivity (Wildman–Crippen MR) is 70.7 cm³/mol. The van der Waals surface area contributed by atoms with E-state index in [4.69, 9.17) is 15.4 Å². The Hall–Kier alpha value is -1.08. The number of aromatic amines is 1. The first kappa shape index (κ1) is 16.0. The number of halogens is 1. The van der Waals surface area contributed by atoms with E-state index in [0.717, 1.165) is 0 Å². The molecule has 0 saturated heterocycles. The summed E-state index contributed by atoms with van der Waals surface area (Å²) in [7, 11) is 1.22.